The summed E-state index contributed by atoms with van der Waals surface area (Å²) in [4.78, 5) is 11.4. The van der Waals surface area contributed by atoms with E-state index < -0.39 is 0 Å². The van der Waals surface area contributed by atoms with E-state index in [9.17, 15) is 4.79 Å². The molecule has 1 aromatic carbocycles. The fourth-order valence-corrected chi connectivity index (χ4v) is 1.89. The van der Waals surface area contributed by atoms with Crippen molar-refractivity contribution in [2.75, 3.05) is 16.8 Å². The number of ketones is 1. The number of halogens is 2. The van der Waals surface area contributed by atoms with Crippen LogP contribution in [-0.4, -0.2) is 11.1 Å². The van der Waals surface area contributed by atoms with E-state index in [0.717, 1.165) is 3.57 Å². The second-order valence-corrected chi connectivity index (χ2v) is 4.32. The zero-order chi connectivity index (χ0) is 10.0. The number of Topliss-reactive ketones (excluding diaryl/α,β-unsaturated/α-hetero) is 1. The van der Waals surface area contributed by atoms with Crippen molar-refractivity contribution >= 4 is 55.7 Å². The second-order valence-electron chi connectivity index (χ2n) is 2.51. The van der Waals surface area contributed by atoms with E-state index in [1.807, 2.05) is 0 Å². The molecule has 0 bridgehead atoms. The maximum Gasteiger partial charge on any atom is 0.175 e. The third-order valence-electron chi connectivity index (χ3n) is 1.60. The molecular formula is C8H8BrIN2O. The average molecular weight is 355 g/mol. The minimum atomic E-state index is -0.0530. The van der Waals surface area contributed by atoms with Crippen molar-refractivity contribution in [3.8, 4) is 0 Å². The van der Waals surface area contributed by atoms with Crippen molar-refractivity contribution < 1.29 is 4.79 Å². The van der Waals surface area contributed by atoms with Crippen molar-refractivity contribution in [3.05, 3.63) is 21.3 Å². The first-order valence-corrected chi connectivity index (χ1v) is 5.70. The number of hydrogen-bond acceptors (Lipinski definition) is 3. The molecule has 4 N–H and O–H groups in total. The molecule has 13 heavy (non-hydrogen) atoms. The number of anilines is 2. The molecular weight excluding hydrogens is 347 g/mol. The Morgan fingerprint density at radius 3 is 2.62 bits per heavy atom. The van der Waals surface area contributed by atoms with E-state index in [0.29, 0.717) is 16.9 Å². The highest BCUT2D eigenvalue weighted by molar-refractivity contribution is 14.1. The van der Waals surface area contributed by atoms with Crippen LogP contribution in [0.1, 0.15) is 10.4 Å². The van der Waals surface area contributed by atoms with Crippen LogP contribution in [0.25, 0.3) is 0 Å². The first kappa shape index (κ1) is 10.8. The molecule has 0 spiro atoms. The molecule has 0 heterocycles. The average Bonchev–Trinajstić information content (AvgIpc) is 2.10. The molecule has 0 radical (unpaired) electrons. The van der Waals surface area contributed by atoms with Crippen molar-refractivity contribution in [2.24, 2.45) is 0 Å². The van der Waals surface area contributed by atoms with Gasteiger partial charge in [0.1, 0.15) is 0 Å². The molecule has 0 aromatic heterocycles. The topological polar surface area (TPSA) is 69.1 Å². The maximum absolute atomic E-state index is 11.4. The van der Waals surface area contributed by atoms with Crippen molar-refractivity contribution in [3.63, 3.8) is 0 Å². The largest absolute Gasteiger partial charge is 0.397 e. The Labute approximate surface area is 98.1 Å². The standard InChI is InChI=1S/C8H8BrIN2O/c9-3-7(13)5-1-4(10)2-6(11)8(5)12/h1-2H,3,11-12H2. The van der Waals surface area contributed by atoms with Gasteiger partial charge in [0.15, 0.2) is 5.78 Å². The summed E-state index contributed by atoms with van der Waals surface area (Å²) in [5.74, 6) is -0.0530. The zero-order valence-corrected chi connectivity index (χ0v) is 10.4. The monoisotopic (exact) mass is 354 g/mol. The maximum atomic E-state index is 11.4. The summed E-state index contributed by atoms with van der Waals surface area (Å²) in [5.41, 5.74) is 12.6. The Morgan fingerprint density at radius 2 is 2.08 bits per heavy atom. The molecule has 70 valence electrons. The highest BCUT2D eigenvalue weighted by Gasteiger charge is 2.11. The van der Waals surface area contributed by atoms with Crippen molar-refractivity contribution in [2.45, 2.75) is 0 Å². The van der Waals surface area contributed by atoms with Crippen LogP contribution in [0, 0.1) is 3.57 Å². The predicted octanol–water partition coefficient (Wildman–Crippen LogP) is 2.03. The van der Waals surface area contributed by atoms with Gasteiger partial charge in [-0.05, 0) is 34.7 Å². The molecule has 0 fully saturated rings. The van der Waals surface area contributed by atoms with Crippen LogP contribution in [-0.2, 0) is 0 Å². The van der Waals surface area contributed by atoms with Crippen molar-refractivity contribution in [1.29, 1.82) is 0 Å². The fraction of sp³-hybridized carbons (Fsp3) is 0.125. The molecule has 0 saturated heterocycles. The highest BCUT2D eigenvalue weighted by Crippen LogP contribution is 2.24. The number of carbonyl (C=O) groups is 1. The molecule has 3 nitrogen and oxygen atoms in total. The minimum Gasteiger partial charge on any atom is -0.397 e. The Kier molecular flexibility index (Phi) is 3.55. The number of benzene rings is 1. The lowest BCUT2D eigenvalue weighted by molar-refractivity contribution is 0.102. The summed E-state index contributed by atoms with van der Waals surface area (Å²) in [6.45, 7) is 0. The molecule has 0 unspecified atom stereocenters. The third-order valence-corrected chi connectivity index (χ3v) is 2.73. The number of carbonyl (C=O) groups excluding carboxylic acids is 1. The molecule has 0 aliphatic carbocycles. The molecule has 0 amide bonds. The Hall–Kier alpha value is -0.300. The van der Waals surface area contributed by atoms with Gasteiger partial charge in [-0.25, -0.2) is 0 Å². The zero-order valence-electron chi connectivity index (χ0n) is 6.68. The highest BCUT2D eigenvalue weighted by atomic mass is 127. The van der Waals surface area contributed by atoms with Crippen LogP contribution >= 0.6 is 38.5 Å². The normalized spacial score (nSPS) is 10.0. The van der Waals surface area contributed by atoms with E-state index in [4.69, 9.17) is 11.5 Å². The van der Waals surface area contributed by atoms with E-state index in [1.165, 1.54) is 0 Å². The van der Waals surface area contributed by atoms with Crippen LogP contribution in [0.5, 0.6) is 0 Å². The molecule has 0 aliphatic rings. The lowest BCUT2D eigenvalue weighted by Crippen LogP contribution is -2.07. The smallest absolute Gasteiger partial charge is 0.175 e. The van der Waals surface area contributed by atoms with Gasteiger partial charge in [0.05, 0.1) is 16.7 Å². The molecule has 0 aliphatic heterocycles. The van der Waals surface area contributed by atoms with Crippen LogP contribution < -0.4 is 11.5 Å². The van der Waals surface area contributed by atoms with Gasteiger partial charge in [0.25, 0.3) is 0 Å². The molecule has 5 heteroatoms. The van der Waals surface area contributed by atoms with Crippen LogP contribution in [0.15, 0.2) is 12.1 Å². The van der Waals surface area contributed by atoms with Gasteiger partial charge in [0, 0.05) is 9.13 Å². The molecule has 0 saturated carbocycles. The minimum absolute atomic E-state index is 0.0530. The summed E-state index contributed by atoms with van der Waals surface area (Å²) in [6, 6.07) is 3.47. The van der Waals surface area contributed by atoms with E-state index >= 15 is 0 Å². The SMILES string of the molecule is Nc1cc(I)cc(C(=O)CBr)c1N. The van der Waals surface area contributed by atoms with Gasteiger partial charge < -0.3 is 11.5 Å². The Bertz CT molecular complexity index is 354. The summed E-state index contributed by atoms with van der Waals surface area (Å²) < 4.78 is 0.911. The van der Waals surface area contributed by atoms with Crippen LogP contribution in [0.2, 0.25) is 0 Å². The molecule has 1 aromatic rings. The predicted molar refractivity (Wildman–Crippen MR) is 66.1 cm³/mol. The lowest BCUT2D eigenvalue weighted by Gasteiger charge is -2.06. The van der Waals surface area contributed by atoms with Gasteiger partial charge in [-0.15, -0.1) is 0 Å². The Morgan fingerprint density at radius 1 is 1.46 bits per heavy atom. The van der Waals surface area contributed by atoms with E-state index in [2.05, 4.69) is 38.5 Å². The second kappa shape index (κ2) is 4.28. The Balaban J connectivity index is 3.28. The van der Waals surface area contributed by atoms with Crippen LogP contribution in [0.3, 0.4) is 0 Å². The number of hydrogen-bond donors (Lipinski definition) is 2. The summed E-state index contributed by atoms with van der Waals surface area (Å²) in [6.07, 6.45) is 0. The summed E-state index contributed by atoms with van der Waals surface area (Å²) in [5, 5.41) is 0.261. The molecule has 1 rings (SSSR count). The van der Waals surface area contributed by atoms with E-state index in [1.54, 1.807) is 12.1 Å². The van der Waals surface area contributed by atoms with Gasteiger partial charge >= 0.3 is 0 Å². The third kappa shape index (κ3) is 2.34. The summed E-state index contributed by atoms with van der Waals surface area (Å²) >= 11 is 5.18. The van der Waals surface area contributed by atoms with E-state index in [-0.39, 0.29) is 11.1 Å². The lowest BCUT2D eigenvalue weighted by atomic mass is 10.1. The molecule has 0 atom stereocenters. The van der Waals surface area contributed by atoms with Crippen LogP contribution in [0.4, 0.5) is 11.4 Å². The number of rotatable bonds is 2. The van der Waals surface area contributed by atoms with Gasteiger partial charge in [0.2, 0.25) is 0 Å². The first-order valence-electron chi connectivity index (χ1n) is 3.50. The van der Waals surface area contributed by atoms with Gasteiger partial charge in [-0.1, -0.05) is 15.9 Å². The van der Waals surface area contributed by atoms with Gasteiger partial charge in [-0.2, -0.15) is 0 Å². The first-order chi connectivity index (χ1) is 6.06. The fourth-order valence-electron chi connectivity index (χ4n) is 0.942. The number of alkyl halides is 1. The number of nitrogens with two attached hydrogens (primary N) is 2. The number of nitrogen functional groups attached to an aromatic ring is 2. The van der Waals surface area contributed by atoms with Crippen molar-refractivity contribution in [1.82, 2.24) is 0 Å². The van der Waals surface area contributed by atoms with Gasteiger partial charge in [-0.3, -0.25) is 4.79 Å². The summed E-state index contributed by atoms with van der Waals surface area (Å²) in [7, 11) is 0. The quantitative estimate of drug-likeness (QED) is 0.369.